The molecular weight excluding hydrogens is 412 g/mol. The number of hydrogen-bond acceptors (Lipinski definition) is 6. The monoisotopic (exact) mass is 465 g/mol. The Morgan fingerprint density at radius 2 is 1.70 bits per heavy atom. The number of esters is 1. The molecular formula is C27H53N4O2. The maximum Gasteiger partial charge on any atom is 0.306 e. The van der Waals surface area contributed by atoms with Gasteiger partial charge in [0.15, 0.2) is 0 Å². The van der Waals surface area contributed by atoms with Crippen LogP contribution in [0.25, 0.3) is 0 Å². The second-order valence-electron chi connectivity index (χ2n) is 11.1. The number of nitrogens with one attached hydrogen (secondary N) is 4. The van der Waals surface area contributed by atoms with Crippen LogP contribution in [0.15, 0.2) is 0 Å². The smallest absolute Gasteiger partial charge is 0.306 e. The first-order valence-corrected chi connectivity index (χ1v) is 13.9. The van der Waals surface area contributed by atoms with Gasteiger partial charge in [-0.1, -0.05) is 25.7 Å². The zero-order valence-electron chi connectivity index (χ0n) is 21.9. The number of ether oxygens (including phenoxy) is 1. The van der Waals surface area contributed by atoms with E-state index in [4.69, 9.17) is 4.74 Å². The number of rotatable bonds is 14. The highest BCUT2D eigenvalue weighted by atomic mass is 16.6. The summed E-state index contributed by atoms with van der Waals surface area (Å²) in [5, 5.41) is 14.9. The van der Waals surface area contributed by atoms with Crippen molar-refractivity contribution in [2.75, 3.05) is 32.7 Å². The van der Waals surface area contributed by atoms with Gasteiger partial charge in [0, 0.05) is 37.6 Å². The van der Waals surface area contributed by atoms with E-state index in [0.29, 0.717) is 24.5 Å². The van der Waals surface area contributed by atoms with E-state index in [2.05, 4.69) is 27.7 Å². The summed E-state index contributed by atoms with van der Waals surface area (Å²) in [5.41, 5.74) is -0.378. The maximum atomic E-state index is 11.9. The average molecular weight is 466 g/mol. The van der Waals surface area contributed by atoms with Gasteiger partial charge in [0.05, 0.1) is 0 Å². The Morgan fingerprint density at radius 1 is 1.00 bits per heavy atom. The first-order valence-electron chi connectivity index (χ1n) is 13.9. The van der Waals surface area contributed by atoms with E-state index >= 15 is 0 Å². The van der Waals surface area contributed by atoms with Crippen LogP contribution in [0.2, 0.25) is 0 Å². The van der Waals surface area contributed by atoms with Gasteiger partial charge < -0.3 is 26.0 Å². The highest BCUT2D eigenvalue weighted by Gasteiger charge is 2.18. The van der Waals surface area contributed by atoms with Gasteiger partial charge in [0.25, 0.3) is 0 Å². The second-order valence-corrected chi connectivity index (χ2v) is 11.1. The normalized spacial score (nSPS) is 23.5. The molecule has 2 fully saturated rings. The van der Waals surface area contributed by atoms with E-state index in [0.717, 1.165) is 51.9 Å². The Bertz CT molecular complexity index is 493. The van der Waals surface area contributed by atoms with Crippen LogP contribution in [0.3, 0.4) is 0 Å². The highest BCUT2D eigenvalue weighted by Crippen LogP contribution is 2.15. The molecule has 0 spiro atoms. The van der Waals surface area contributed by atoms with E-state index in [1.807, 2.05) is 20.8 Å². The van der Waals surface area contributed by atoms with Crippen molar-refractivity contribution in [1.82, 2.24) is 21.3 Å². The van der Waals surface area contributed by atoms with E-state index in [9.17, 15) is 4.79 Å². The van der Waals surface area contributed by atoms with Crippen LogP contribution in [0, 0.1) is 6.42 Å². The first kappa shape index (κ1) is 28.5. The molecule has 3 atom stereocenters. The molecule has 2 rings (SSSR count). The van der Waals surface area contributed by atoms with Crippen LogP contribution < -0.4 is 21.3 Å². The number of carbonyl (C=O) groups is 1. The fourth-order valence-electron chi connectivity index (χ4n) is 4.88. The van der Waals surface area contributed by atoms with Gasteiger partial charge in [-0.3, -0.25) is 4.79 Å². The molecule has 2 saturated heterocycles. The second kappa shape index (κ2) is 16.9. The maximum absolute atomic E-state index is 11.9. The van der Waals surface area contributed by atoms with E-state index in [1.165, 1.54) is 57.9 Å². The zero-order valence-corrected chi connectivity index (χ0v) is 21.9. The van der Waals surface area contributed by atoms with Gasteiger partial charge in [0.2, 0.25) is 0 Å². The first-order chi connectivity index (χ1) is 15.9. The third kappa shape index (κ3) is 15.0. The van der Waals surface area contributed by atoms with Gasteiger partial charge in [-0.25, -0.2) is 0 Å². The van der Waals surface area contributed by atoms with Crippen LogP contribution in [0.5, 0.6) is 0 Å². The van der Waals surface area contributed by atoms with Crippen molar-refractivity contribution in [1.29, 1.82) is 0 Å². The van der Waals surface area contributed by atoms with Gasteiger partial charge in [-0.05, 0) is 98.2 Å². The van der Waals surface area contributed by atoms with Crippen molar-refractivity contribution in [3.05, 3.63) is 6.42 Å². The fraction of sp³-hybridized carbons (Fsp3) is 0.926. The lowest BCUT2D eigenvalue weighted by Gasteiger charge is -2.26. The van der Waals surface area contributed by atoms with E-state index in [1.54, 1.807) is 0 Å². The fourth-order valence-corrected chi connectivity index (χ4v) is 4.88. The van der Waals surface area contributed by atoms with Gasteiger partial charge in [-0.2, -0.15) is 0 Å². The molecule has 2 aliphatic rings. The molecule has 0 aromatic carbocycles. The van der Waals surface area contributed by atoms with Crippen molar-refractivity contribution in [2.24, 2.45) is 0 Å². The number of hydrogen-bond donors (Lipinski definition) is 4. The summed E-state index contributed by atoms with van der Waals surface area (Å²) in [6.45, 7) is 11.4. The summed E-state index contributed by atoms with van der Waals surface area (Å²) < 4.78 is 5.41. The minimum atomic E-state index is -0.378. The molecule has 0 saturated carbocycles. The van der Waals surface area contributed by atoms with E-state index < -0.39 is 0 Å². The molecule has 2 heterocycles. The van der Waals surface area contributed by atoms with E-state index in [-0.39, 0.29) is 11.6 Å². The zero-order chi connectivity index (χ0) is 23.8. The van der Waals surface area contributed by atoms with Crippen LogP contribution in [0.4, 0.5) is 0 Å². The molecule has 1 radical (unpaired) electrons. The molecule has 3 unspecified atom stereocenters. The van der Waals surface area contributed by atoms with Crippen molar-refractivity contribution >= 4 is 5.97 Å². The lowest BCUT2D eigenvalue weighted by atomic mass is 10.00. The standard InChI is InChI=1S/C27H53N4O2/c1-27(2,3)33-26(32)17-7-5-4-6-13-23(31-25-15-9-11-19-29-22-25)16-12-20-30-24-14-8-10-18-28-21-24/h6,23-25,28-31H,4-5,7-22H2,1-3H3. The number of unbranched alkanes of at least 4 members (excludes halogenated alkanes) is 3. The van der Waals surface area contributed by atoms with Gasteiger partial charge >= 0.3 is 5.97 Å². The molecule has 0 aromatic rings. The summed E-state index contributed by atoms with van der Waals surface area (Å²) in [5.74, 6) is -0.0701. The van der Waals surface area contributed by atoms with Crippen molar-refractivity contribution in [3.63, 3.8) is 0 Å². The summed E-state index contributed by atoms with van der Waals surface area (Å²) in [6.07, 6.45) is 17.4. The third-order valence-corrected chi connectivity index (χ3v) is 6.64. The summed E-state index contributed by atoms with van der Waals surface area (Å²) in [7, 11) is 0. The molecule has 2 aliphatic heterocycles. The predicted molar refractivity (Wildman–Crippen MR) is 138 cm³/mol. The lowest BCUT2D eigenvalue weighted by Crippen LogP contribution is -2.44. The van der Waals surface area contributed by atoms with Crippen molar-refractivity contribution in [2.45, 2.75) is 128 Å². The number of carbonyl (C=O) groups excluding carboxylic acids is 1. The Morgan fingerprint density at radius 3 is 2.42 bits per heavy atom. The van der Waals surface area contributed by atoms with Crippen LogP contribution >= 0.6 is 0 Å². The van der Waals surface area contributed by atoms with Crippen LogP contribution in [-0.4, -0.2) is 62.4 Å². The molecule has 193 valence electrons. The molecule has 4 N–H and O–H groups in total. The molecule has 6 heteroatoms. The molecule has 6 nitrogen and oxygen atoms in total. The minimum Gasteiger partial charge on any atom is -0.460 e. The molecule has 33 heavy (non-hydrogen) atoms. The summed E-state index contributed by atoms with van der Waals surface area (Å²) in [4.78, 5) is 11.9. The molecule has 0 aliphatic carbocycles. The van der Waals surface area contributed by atoms with Gasteiger partial charge in [-0.15, -0.1) is 0 Å². The molecule has 0 amide bonds. The largest absolute Gasteiger partial charge is 0.460 e. The quantitative estimate of drug-likeness (QED) is 0.229. The van der Waals surface area contributed by atoms with Crippen molar-refractivity contribution in [3.8, 4) is 0 Å². The Kier molecular flexibility index (Phi) is 14.6. The Labute approximate surface area is 204 Å². The lowest BCUT2D eigenvalue weighted by molar-refractivity contribution is -0.154. The summed E-state index contributed by atoms with van der Waals surface area (Å²) in [6, 6.07) is 1.79. The Hall–Kier alpha value is -0.690. The van der Waals surface area contributed by atoms with Crippen molar-refractivity contribution < 1.29 is 9.53 Å². The predicted octanol–water partition coefficient (Wildman–Crippen LogP) is 4.10. The Balaban J connectivity index is 1.64. The SMILES string of the molecule is CC(C)(C)OC(=O)CCCC[CH]CC(CCCNC1CCCCNC1)NC1CCCCNC1. The molecule has 0 aromatic heterocycles. The molecule has 0 bridgehead atoms. The average Bonchev–Trinajstić information content (AvgIpc) is 3.17. The highest BCUT2D eigenvalue weighted by molar-refractivity contribution is 5.69. The topological polar surface area (TPSA) is 74.4 Å². The van der Waals surface area contributed by atoms with Gasteiger partial charge in [0.1, 0.15) is 5.60 Å². The van der Waals surface area contributed by atoms with Crippen LogP contribution in [0.1, 0.15) is 104 Å². The summed E-state index contributed by atoms with van der Waals surface area (Å²) >= 11 is 0. The third-order valence-electron chi connectivity index (χ3n) is 6.64. The van der Waals surface area contributed by atoms with Crippen LogP contribution in [-0.2, 0) is 9.53 Å². The minimum absolute atomic E-state index is 0.0701.